The zero-order valence-corrected chi connectivity index (χ0v) is 15.4. The molecule has 1 aromatic carbocycles. The number of rotatable bonds is 7. The van der Waals surface area contributed by atoms with Crippen LogP contribution in [0.5, 0.6) is 5.75 Å². The third kappa shape index (κ3) is 3.85. The lowest BCUT2D eigenvalue weighted by atomic mass is 10.1. The van der Waals surface area contributed by atoms with E-state index in [-0.39, 0.29) is 5.91 Å². The van der Waals surface area contributed by atoms with Crippen LogP contribution in [0.3, 0.4) is 0 Å². The van der Waals surface area contributed by atoms with Gasteiger partial charge >= 0.3 is 0 Å². The summed E-state index contributed by atoms with van der Waals surface area (Å²) < 4.78 is 7.09. The number of hydrogen-bond donors (Lipinski definition) is 2. The lowest BCUT2D eigenvalue weighted by molar-refractivity contribution is -0.856. The lowest BCUT2D eigenvalue weighted by Gasteiger charge is -2.09. The van der Waals surface area contributed by atoms with Gasteiger partial charge in [-0.2, -0.15) is 5.10 Å². The fraction of sp³-hybridized carbons (Fsp3) is 0.474. The second kappa shape index (κ2) is 7.27. The Bertz CT molecular complexity index is 746. The van der Waals surface area contributed by atoms with Gasteiger partial charge in [-0.1, -0.05) is 0 Å². The minimum absolute atomic E-state index is 0.0135. The summed E-state index contributed by atoms with van der Waals surface area (Å²) >= 11 is 0. The summed E-state index contributed by atoms with van der Waals surface area (Å²) in [5.41, 5.74) is 3.51. The van der Waals surface area contributed by atoms with Crippen LogP contribution in [0.1, 0.15) is 40.5 Å². The normalized spacial score (nSPS) is 14.0. The minimum Gasteiger partial charge on any atom is -0.497 e. The first kappa shape index (κ1) is 17.5. The predicted molar refractivity (Wildman–Crippen MR) is 96.8 cm³/mol. The maximum Gasteiger partial charge on any atom is 0.255 e. The van der Waals surface area contributed by atoms with E-state index in [0.29, 0.717) is 12.5 Å². The van der Waals surface area contributed by atoms with Gasteiger partial charge in [0.05, 0.1) is 56.9 Å². The molecule has 0 radical (unpaired) electrons. The van der Waals surface area contributed by atoms with Gasteiger partial charge in [0.25, 0.3) is 5.91 Å². The molecule has 1 saturated carbocycles. The van der Waals surface area contributed by atoms with E-state index < -0.39 is 0 Å². The first-order valence-corrected chi connectivity index (χ1v) is 8.82. The molecule has 2 N–H and O–H groups in total. The van der Waals surface area contributed by atoms with Crippen molar-refractivity contribution in [3.8, 4) is 11.4 Å². The fourth-order valence-electron chi connectivity index (χ4n) is 2.94. The molecule has 0 unspecified atom stereocenters. The Morgan fingerprint density at radius 3 is 2.56 bits per heavy atom. The summed E-state index contributed by atoms with van der Waals surface area (Å²) in [5, 5.41) is 7.82. The van der Waals surface area contributed by atoms with E-state index in [4.69, 9.17) is 9.84 Å². The summed E-state index contributed by atoms with van der Waals surface area (Å²) in [5.74, 6) is 1.21. The highest BCUT2D eigenvalue weighted by Crippen LogP contribution is 2.42. The number of hydrogen-bond acceptors (Lipinski definition) is 3. The van der Waals surface area contributed by atoms with Gasteiger partial charge in [0.2, 0.25) is 0 Å². The van der Waals surface area contributed by atoms with Crippen molar-refractivity contribution in [1.29, 1.82) is 0 Å². The lowest BCUT2D eigenvalue weighted by Crippen LogP contribution is -3.06. The molecular formula is C19H27N4O2+. The average molecular weight is 343 g/mol. The van der Waals surface area contributed by atoms with Crippen molar-refractivity contribution in [1.82, 2.24) is 15.1 Å². The number of ether oxygens (including phenoxy) is 1. The Hall–Kier alpha value is -2.34. The smallest absolute Gasteiger partial charge is 0.255 e. The van der Waals surface area contributed by atoms with Gasteiger partial charge in [-0.15, -0.1) is 0 Å². The molecule has 3 rings (SSSR count). The van der Waals surface area contributed by atoms with Crippen LogP contribution in [0.25, 0.3) is 5.69 Å². The Labute approximate surface area is 148 Å². The van der Waals surface area contributed by atoms with Crippen LogP contribution in [-0.4, -0.2) is 50.0 Å². The molecule has 0 bridgehead atoms. The molecule has 0 aliphatic heterocycles. The maximum absolute atomic E-state index is 12.8. The average Bonchev–Trinajstić information content (AvgIpc) is 3.38. The number of quaternary nitrogens is 1. The molecule has 1 aliphatic rings. The van der Waals surface area contributed by atoms with Crippen LogP contribution in [0.15, 0.2) is 24.3 Å². The third-order valence-electron chi connectivity index (χ3n) is 4.56. The zero-order valence-electron chi connectivity index (χ0n) is 15.4. The van der Waals surface area contributed by atoms with Crippen molar-refractivity contribution in [3.05, 3.63) is 41.2 Å². The summed E-state index contributed by atoms with van der Waals surface area (Å²) in [6.45, 7) is 3.53. The molecular weight excluding hydrogens is 316 g/mol. The Morgan fingerprint density at radius 2 is 2.00 bits per heavy atom. The van der Waals surface area contributed by atoms with E-state index in [1.54, 1.807) is 7.11 Å². The molecule has 0 atom stereocenters. The van der Waals surface area contributed by atoms with Gasteiger partial charge in [-0.05, 0) is 44.0 Å². The van der Waals surface area contributed by atoms with Gasteiger partial charge < -0.3 is 15.0 Å². The number of amides is 1. The third-order valence-corrected chi connectivity index (χ3v) is 4.56. The summed E-state index contributed by atoms with van der Waals surface area (Å²) in [6.07, 6.45) is 2.22. The van der Waals surface area contributed by atoms with Crippen LogP contribution < -0.4 is 15.0 Å². The topological polar surface area (TPSA) is 60.6 Å². The van der Waals surface area contributed by atoms with Crippen molar-refractivity contribution in [2.45, 2.75) is 25.7 Å². The zero-order chi connectivity index (χ0) is 18.0. The fourth-order valence-corrected chi connectivity index (χ4v) is 2.94. The molecule has 25 heavy (non-hydrogen) atoms. The highest BCUT2D eigenvalue weighted by molar-refractivity contribution is 5.97. The van der Waals surface area contributed by atoms with Crippen molar-refractivity contribution in [2.24, 2.45) is 0 Å². The molecule has 6 heteroatoms. The van der Waals surface area contributed by atoms with Crippen molar-refractivity contribution in [3.63, 3.8) is 0 Å². The highest BCUT2D eigenvalue weighted by atomic mass is 16.5. The standard InChI is InChI=1S/C19H26N4O2/c1-13-17(19(24)20-11-12-22(2)3)18(14-5-6-14)21-23(13)15-7-9-16(25-4)10-8-15/h7-10,14H,5-6,11-12H2,1-4H3,(H,20,24)/p+1. The Morgan fingerprint density at radius 1 is 1.32 bits per heavy atom. The van der Waals surface area contributed by atoms with E-state index >= 15 is 0 Å². The highest BCUT2D eigenvalue weighted by Gasteiger charge is 2.33. The summed E-state index contributed by atoms with van der Waals surface area (Å²) in [7, 11) is 5.81. The Balaban J connectivity index is 1.89. The minimum atomic E-state index is -0.0135. The summed E-state index contributed by atoms with van der Waals surface area (Å²) in [6, 6.07) is 7.75. The first-order valence-electron chi connectivity index (χ1n) is 8.82. The van der Waals surface area contributed by atoms with Gasteiger partial charge in [-0.3, -0.25) is 4.79 Å². The van der Waals surface area contributed by atoms with Crippen LogP contribution in [0.4, 0.5) is 0 Å². The van der Waals surface area contributed by atoms with Crippen molar-refractivity contribution in [2.75, 3.05) is 34.3 Å². The maximum atomic E-state index is 12.8. The Kier molecular flexibility index (Phi) is 5.08. The quantitative estimate of drug-likeness (QED) is 0.787. The van der Waals surface area contributed by atoms with E-state index in [1.165, 1.54) is 4.90 Å². The van der Waals surface area contributed by atoms with E-state index in [9.17, 15) is 4.79 Å². The van der Waals surface area contributed by atoms with Gasteiger partial charge in [0, 0.05) is 5.92 Å². The molecule has 134 valence electrons. The van der Waals surface area contributed by atoms with Crippen LogP contribution in [-0.2, 0) is 0 Å². The molecule has 1 aromatic heterocycles. The molecule has 0 saturated heterocycles. The van der Waals surface area contributed by atoms with Crippen molar-refractivity contribution >= 4 is 5.91 Å². The molecule has 1 heterocycles. The first-order chi connectivity index (χ1) is 12.0. The number of nitrogens with zero attached hydrogens (tertiary/aromatic N) is 2. The summed E-state index contributed by atoms with van der Waals surface area (Å²) in [4.78, 5) is 14.1. The molecule has 1 aliphatic carbocycles. The number of methoxy groups -OCH3 is 1. The van der Waals surface area contributed by atoms with Crippen molar-refractivity contribution < 1.29 is 14.4 Å². The number of nitrogens with one attached hydrogen (secondary N) is 2. The van der Waals surface area contributed by atoms with Gasteiger partial charge in [0.15, 0.2) is 0 Å². The van der Waals surface area contributed by atoms with Crippen LogP contribution >= 0.6 is 0 Å². The molecule has 1 amide bonds. The van der Waals surface area contributed by atoms with E-state index in [1.807, 2.05) is 35.9 Å². The number of carbonyl (C=O) groups is 1. The molecule has 1 fully saturated rings. The number of aromatic nitrogens is 2. The van der Waals surface area contributed by atoms with E-state index in [0.717, 1.165) is 47.8 Å². The SMILES string of the molecule is COc1ccc(-n2nc(C3CC3)c(C(=O)NCC[NH+](C)C)c2C)cc1. The second-order valence-electron chi connectivity index (χ2n) is 6.94. The number of carbonyl (C=O) groups excluding carboxylic acids is 1. The van der Waals surface area contributed by atoms with Crippen LogP contribution in [0.2, 0.25) is 0 Å². The van der Waals surface area contributed by atoms with Gasteiger partial charge in [0.1, 0.15) is 5.75 Å². The van der Waals surface area contributed by atoms with Gasteiger partial charge in [-0.25, -0.2) is 4.68 Å². The second-order valence-corrected chi connectivity index (χ2v) is 6.94. The number of likely N-dealkylation sites (N-methyl/N-ethyl adjacent to an activating group) is 1. The largest absolute Gasteiger partial charge is 0.497 e. The number of benzene rings is 1. The predicted octanol–water partition coefficient (Wildman–Crippen LogP) is 0.941. The van der Waals surface area contributed by atoms with E-state index in [2.05, 4.69) is 19.4 Å². The van der Waals surface area contributed by atoms with Crippen LogP contribution in [0, 0.1) is 6.92 Å². The molecule has 6 nitrogen and oxygen atoms in total. The monoisotopic (exact) mass is 343 g/mol. The molecule has 2 aromatic rings. The molecule has 0 spiro atoms.